The third-order valence-electron chi connectivity index (χ3n) is 4.66. The van der Waals surface area contributed by atoms with Crippen molar-refractivity contribution in [3.05, 3.63) is 63.5 Å². The van der Waals surface area contributed by atoms with E-state index in [2.05, 4.69) is 10.9 Å². The topological polar surface area (TPSA) is 94.4 Å². The number of rotatable bonds is 7. The van der Waals surface area contributed by atoms with Crippen LogP contribution in [0.4, 0.5) is 0 Å². The van der Waals surface area contributed by atoms with E-state index in [-0.39, 0.29) is 24.2 Å². The molecule has 8 nitrogen and oxygen atoms in total. The Bertz CT molecular complexity index is 1140. The normalized spacial score (nSPS) is 10.8. The van der Waals surface area contributed by atoms with E-state index in [0.717, 1.165) is 17.5 Å². The van der Waals surface area contributed by atoms with E-state index in [4.69, 9.17) is 16.3 Å². The molecule has 0 unspecified atom stereocenters. The zero-order valence-electron chi connectivity index (χ0n) is 16.8. The van der Waals surface area contributed by atoms with Gasteiger partial charge in [0.05, 0.1) is 23.7 Å². The third-order valence-corrected chi connectivity index (χ3v) is 4.89. The molecule has 0 aliphatic heterocycles. The minimum atomic E-state index is -0.556. The van der Waals surface area contributed by atoms with Gasteiger partial charge in [0.25, 0.3) is 5.91 Å². The van der Waals surface area contributed by atoms with Gasteiger partial charge in [-0.05, 0) is 36.8 Å². The summed E-state index contributed by atoms with van der Waals surface area (Å²) in [6.07, 6.45) is 0.848. The summed E-state index contributed by atoms with van der Waals surface area (Å²) in [4.78, 5) is 37.3. The molecule has 3 rings (SSSR count). The van der Waals surface area contributed by atoms with Gasteiger partial charge in [-0.2, -0.15) is 0 Å². The number of methoxy groups -OCH3 is 1. The van der Waals surface area contributed by atoms with E-state index >= 15 is 0 Å². The number of ether oxygens (including phenoxy) is 1. The second-order valence-corrected chi connectivity index (χ2v) is 7.11. The summed E-state index contributed by atoms with van der Waals surface area (Å²) >= 11 is 5.93. The lowest BCUT2D eigenvalue weighted by Gasteiger charge is -2.11. The van der Waals surface area contributed by atoms with Gasteiger partial charge in [-0.15, -0.1) is 0 Å². The molecule has 158 valence electrons. The highest BCUT2D eigenvalue weighted by Crippen LogP contribution is 2.22. The summed E-state index contributed by atoms with van der Waals surface area (Å²) in [7, 11) is 1.44. The first-order valence-electron chi connectivity index (χ1n) is 9.57. The average Bonchev–Trinajstić information content (AvgIpc) is 3.02. The molecule has 2 aromatic carbocycles. The number of fused-ring (bicyclic) bond motifs is 1. The Morgan fingerprint density at radius 1 is 1.03 bits per heavy atom. The highest BCUT2D eigenvalue weighted by Gasteiger charge is 2.15. The van der Waals surface area contributed by atoms with Crippen LogP contribution in [0.3, 0.4) is 0 Å². The van der Waals surface area contributed by atoms with Gasteiger partial charge in [0.1, 0.15) is 5.75 Å². The molecule has 0 bridgehead atoms. The zero-order chi connectivity index (χ0) is 21.7. The SMILES string of the molecule is CCCn1c(=O)n(CCC(=O)NNC(=O)c2cc(Cl)ccc2OC)c2ccccc21. The quantitative estimate of drug-likeness (QED) is 0.563. The molecule has 1 aromatic heterocycles. The Hall–Kier alpha value is -3.26. The average molecular weight is 431 g/mol. The Kier molecular flexibility index (Phi) is 6.79. The van der Waals surface area contributed by atoms with Crippen LogP contribution in [0.25, 0.3) is 11.0 Å². The van der Waals surface area contributed by atoms with Gasteiger partial charge in [-0.25, -0.2) is 4.79 Å². The van der Waals surface area contributed by atoms with E-state index in [1.165, 1.54) is 13.2 Å². The van der Waals surface area contributed by atoms with Crippen LogP contribution < -0.4 is 21.3 Å². The number of aromatic nitrogens is 2. The fourth-order valence-corrected chi connectivity index (χ4v) is 3.43. The first-order chi connectivity index (χ1) is 14.5. The number of para-hydroxylation sites is 2. The molecule has 0 aliphatic rings. The van der Waals surface area contributed by atoms with E-state index in [1.54, 1.807) is 21.3 Å². The number of hydrogen-bond donors (Lipinski definition) is 2. The van der Waals surface area contributed by atoms with Gasteiger partial charge in [0.15, 0.2) is 0 Å². The molecule has 3 aromatic rings. The number of nitrogens with zero attached hydrogens (tertiary/aromatic N) is 2. The lowest BCUT2D eigenvalue weighted by Crippen LogP contribution is -2.42. The van der Waals surface area contributed by atoms with Gasteiger partial charge in [-0.3, -0.25) is 29.6 Å². The highest BCUT2D eigenvalue weighted by molar-refractivity contribution is 6.31. The van der Waals surface area contributed by atoms with Gasteiger partial charge < -0.3 is 4.74 Å². The molecule has 0 fully saturated rings. The predicted octanol–water partition coefficient (Wildman–Crippen LogP) is 2.73. The number of aryl methyl sites for hydroxylation is 2. The van der Waals surface area contributed by atoms with E-state index in [0.29, 0.717) is 17.3 Å². The number of amides is 2. The van der Waals surface area contributed by atoms with Crippen molar-refractivity contribution in [1.29, 1.82) is 0 Å². The number of carbonyl (C=O) groups excluding carboxylic acids is 2. The molecule has 0 atom stereocenters. The maximum Gasteiger partial charge on any atom is 0.329 e. The highest BCUT2D eigenvalue weighted by atomic mass is 35.5. The van der Waals surface area contributed by atoms with Crippen molar-refractivity contribution in [2.45, 2.75) is 32.9 Å². The minimum Gasteiger partial charge on any atom is -0.496 e. The molecule has 9 heteroatoms. The molecule has 2 amide bonds. The molecular weight excluding hydrogens is 408 g/mol. The van der Waals surface area contributed by atoms with Crippen molar-refractivity contribution in [1.82, 2.24) is 20.0 Å². The second kappa shape index (κ2) is 9.49. The lowest BCUT2D eigenvalue weighted by atomic mass is 10.2. The van der Waals surface area contributed by atoms with Gasteiger partial charge >= 0.3 is 5.69 Å². The Labute approximate surface area is 178 Å². The van der Waals surface area contributed by atoms with Gasteiger partial charge in [0, 0.05) is 24.5 Å². The predicted molar refractivity (Wildman–Crippen MR) is 115 cm³/mol. The van der Waals surface area contributed by atoms with Crippen molar-refractivity contribution < 1.29 is 14.3 Å². The van der Waals surface area contributed by atoms with E-state index in [9.17, 15) is 14.4 Å². The van der Waals surface area contributed by atoms with Crippen LogP contribution in [0, 0.1) is 0 Å². The maximum absolute atomic E-state index is 12.7. The molecule has 0 aliphatic carbocycles. The monoisotopic (exact) mass is 430 g/mol. The van der Waals surface area contributed by atoms with Crippen molar-refractivity contribution in [3.8, 4) is 5.75 Å². The molecule has 0 radical (unpaired) electrons. The number of halogens is 1. The maximum atomic E-state index is 12.7. The summed E-state index contributed by atoms with van der Waals surface area (Å²) in [5.41, 5.74) is 6.36. The first kappa shape index (κ1) is 21.4. The summed E-state index contributed by atoms with van der Waals surface area (Å²) in [5, 5.41) is 0.370. The number of benzene rings is 2. The van der Waals surface area contributed by atoms with Crippen LogP contribution in [0.2, 0.25) is 5.02 Å². The Morgan fingerprint density at radius 2 is 1.70 bits per heavy atom. The summed E-state index contributed by atoms with van der Waals surface area (Å²) < 4.78 is 8.42. The van der Waals surface area contributed by atoms with Crippen LogP contribution in [0.5, 0.6) is 5.75 Å². The van der Waals surface area contributed by atoms with Crippen LogP contribution >= 0.6 is 11.6 Å². The fourth-order valence-electron chi connectivity index (χ4n) is 3.26. The third kappa shape index (κ3) is 4.49. The Morgan fingerprint density at radius 3 is 2.33 bits per heavy atom. The zero-order valence-corrected chi connectivity index (χ0v) is 17.5. The number of hydrogen-bond acceptors (Lipinski definition) is 4. The van der Waals surface area contributed by atoms with Crippen molar-refractivity contribution >= 4 is 34.4 Å². The van der Waals surface area contributed by atoms with E-state index < -0.39 is 11.8 Å². The van der Waals surface area contributed by atoms with Crippen LogP contribution in [0.1, 0.15) is 30.1 Å². The van der Waals surface area contributed by atoms with Crippen molar-refractivity contribution in [2.24, 2.45) is 0 Å². The number of nitrogens with one attached hydrogen (secondary N) is 2. The molecule has 0 saturated carbocycles. The molecule has 2 N–H and O–H groups in total. The van der Waals surface area contributed by atoms with Gasteiger partial charge in [0.2, 0.25) is 5.91 Å². The molecular formula is C21H23ClN4O4. The summed E-state index contributed by atoms with van der Waals surface area (Å²) in [5.74, 6) is -0.649. The van der Waals surface area contributed by atoms with Crippen molar-refractivity contribution in [3.63, 3.8) is 0 Å². The van der Waals surface area contributed by atoms with Crippen LogP contribution in [-0.4, -0.2) is 28.1 Å². The molecule has 1 heterocycles. The molecule has 0 saturated heterocycles. The van der Waals surface area contributed by atoms with Crippen LogP contribution in [-0.2, 0) is 17.9 Å². The van der Waals surface area contributed by atoms with E-state index in [1.807, 2.05) is 31.2 Å². The number of carbonyl (C=O) groups is 2. The molecule has 0 spiro atoms. The fraction of sp³-hybridized carbons (Fsp3) is 0.286. The Balaban J connectivity index is 1.66. The smallest absolute Gasteiger partial charge is 0.329 e. The summed E-state index contributed by atoms with van der Waals surface area (Å²) in [6.45, 7) is 2.80. The number of imidazole rings is 1. The molecule has 30 heavy (non-hydrogen) atoms. The van der Waals surface area contributed by atoms with Crippen LogP contribution in [0.15, 0.2) is 47.3 Å². The summed E-state index contributed by atoms with van der Waals surface area (Å²) in [6, 6.07) is 12.1. The number of hydrazine groups is 1. The second-order valence-electron chi connectivity index (χ2n) is 6.67. The van der Waals surface area contributed by atoms with Gasteiger partial charge in [-0.1, -0.05) is 30.7 Å². The van der Waals surface area contributed by atoms with Crippen molar-refractivity contribution in [2.75, 3.05) is 7.11 Å². The first-order valence-corrected chi connectivity index (χ1v) is 9.94. The lowest BCUT2D eigenvalue weighted by molar-refractivity contribution is -0.122. The minimum absolute atomic E-state index is 0.0208. The standard InChI is InChI=1S/C21H23ClN4O4/c1-3-11-25-16-6-4-5-7-17(16)26(21(25)29)12-10-19(27)23-24-20(28)15-13-14(22)8-9-18(15)30-2/h4-9,13H,3,10-12H2,1-2H3,(H,23,27)(H,24,28). The largest absolute Gasteiger partial charge is 0.496 e.